The normalized spacial score (nSPS) is 16.9. The molecule has 0 radical (unpaired) electrons. The van der Waals surface area contributed by atoms with Crippen molar-refractivity contribution in [2.24, 2.45) is 11.7 Å². The Morgan fingerprint density at radius 1 is 1.41 bits per heavy atom. The lowest BCUT2D eigenvalue weighted by atomic mass is 9.91. The van der Waals surface area contributed by atoms with Crippen molar-refractivity contribution < 1.29 is 9.53 Å². The van der Waals surface area contributed by atoms with Crippen LogP contribution in [0.2, 0.25) is 0 Å². The van der Waals surface area contributed by atoms with Crippen LogP contribution in [-0.2, 0) is 11.3 Å². The number of alkyl carbamates (subject to hydrolysis) is 1. The predicted molar refractivity (Wildman–Crippen MR) is 85.4 cm³/mol. The van der Waals surface area contributed by atoms with Crippen LogP contribution in [-0.4, -0.2) is 36.1 Å². The van der Waals surface area contributed by atoms with Crippen molar-refractivity contribution in [3.05, 3.63) is 35.9 Å². The Bertz CT molecular complexity index is 496. The van der Waals surface area contributed by atoms with E-state index in [9.17, 15) is 4.79 Å². The van der Waals surface area contributed by atoms with Crippen LogP contribution in [0, 0.1) is 11.3 Å². The van der Waals surface area contributed by atoms with E-state index in [-0.39, 0.29) is 18.6 Å². The van der Waals surface area contributed by atoms with E-state index >= 15 is 0 Å². The molecule has 0 aromatic heterocycles. The average Bonchev–Trinajstić information content (AvgIpc) is 2.54. The summed E-state index contributed by atoms with van der Waals surface area (Å²) in [5.41, 5.74) is 6.82. The van der Waals surface area contributed by atoms with Gasteiger partial charge in [0.2, 0.25) is 5.96 Å². The van der Waals surface area contributed by atoms with Crippen molar-refractivity contribution in [2.45, 2.75) is 32.4 Å². The Morgan fingerprint density at radius 2 is 2.05 bits per heavy atom. The maximum atomic E-state index is 11.7. The number of hydrogen-bond acceptors (Lipinski definition) is 4. The number of nitrogens with two attached hydrogens (primary N) is 1. The van der Waals surface area contributed by atoms with Gasteiger partial charge in [-0.2, -0.15) is 0 Å². The highest BCUT2D eigenvalue weighted by Crippen LogP contribution is 2.19. The SMILES string of the molecule is CC(N)C1CCN(C(=N)NC(=O)OCc2ccccc2)CC1. The Labute approximate surface area is 131 Å². The standard InChI is InChI=1S/C16H24N4O2/c1-12(17)14-7-9-20(10-8-14)15(18)19-16(21)22-11-13-5-3-2-4-6-13/h2-6,12,14H,7-11,17H2,1H3,(H2,18,19,21). The lowest BCUT2D eigenvalue weighted by Gasteiger charge is -2.34. The lowest BCUT2D eigenvalue weighted by molar-refractivity contribution is 0.142. The highest BCUT2D eigenvalue weighted by Gasteiger charge is 2.24. The van der Waals surface area contributed by atoms with Crippen LogP contribution in [0.3, 0.4) is 0 Å². The zero-order chi connectivity index (χ0) is 15.9. The van der Waals surface area contributed by atoms with E-state index < -0.39 is 6.09 Å². The third kappa shape index (κ3) is 4.73. The Kier molecular flexibility index (Phi) is 5.77. The van der Waals surface area contributed by atoms with E-state index in [1.54, 1.807) is 0 Å². The van der Waals surface area contributed by atoms with Gasteiger partial charge in [-0.1, -0.05) is 30.3 Å². The molecule has 1 saturated heterocycles. The number of ether oxygens (including phenoxy) is 1. The van der Waals surface area contributed by atoms with E-state index in [1.165, 1.54) is 0 Å². The number of likely N-dealkylation sites (tertiary alicyclic amines) is 1. The van der Waals surface area contributed by atoms with Gasteiger partial charge in [0.1, 0.15) is 6.61 Å². The topological polar surface area (TPSA) is 91.4 Å². The van der Waals surface area contributed by atoms with Crippen LogP contribution in [0.25, 0.3) is 0 Å². The summed E-state index contributed by atoms with van der Waals surface area (Å²) in [6, 6.07) is 9.64. The van der Waals surface area contributed by atoms with E-state index in [0.717, 1.165) is 31.5 Å². The number of guanidine groups is 1. The molecule has 1 heterocycles. The molecule has 1 aromatic rings. The fourth-order valence-electron chi connectivity index (χ4n) is 2.58. The first kappa shape index (κ1) is 16.3. The van der Waals surface area contributed by atoms with Crippen molar-refractivity contribution in [2.75, 3.05) is 13.1 Å². The average molecular weight is 304 g/mol. The van der Waals surface area contributed by atoms with Crippen molar-refractivity contribution >= 4 is 12.1 Å². The molecule has 1 amide bonds. The largest absolute Gasteiger partial charge is 0.444 e. The third-order valence-corrected chi connectivity index (χ3v) is 4.03. The van der Waals surface area contributed by atoms with Gasteiger partial charge in [-0.25, -0.2) is 4.79 Å². The monoisotopic (exact) mass is 304 g/mol. The van der Waals surface area contributed by atoms with Crippen molar-refractivity contribution in [3.63, 3.8) is 0 Å². The number of amides is 1. The number of nitrogens with one attached hydrogen (secondary N) is 2. The molecule has 6 nitrogen and oxygen atoms in total. The molecule has 0 spiro atoms. The van der Waals surface area contributed by atoms with Gasteiger partial charge in [0.25, 0.3) is 0 Å². The number of carbonyl (C=O) groups is 1. The fourth-order valence-corrected chi connectivity index (χ4v) is 2.58. The van der Waals surface area contributed by atoms with Crippen LogP contribution in [0.1, 0.15) is 25.3 Å². The molecular formula is C16H24N4O2. The number of rotatable bonds is 3. The lowest BCUT2D eigenvalue weighted by Crippen LogP contribution is -2.48. The minimum Gasteiger partial charge on any atom is -0.444 e. The van der Waals surface area contributed by atoms with Gasteiger partial charge in [-0.15, -0.1) is 0 Å². The minimum absolute atomic E-state index is 0.0983. The molecule has 120 valence electrons. The number of carbonyl (C=O) groups excluding carboxylic acids is 1. The van der Waals surface area contributed by atoms with Gasteiger partial charge < -0.3 is 15.4 Å². The quantitative estimate of drug-likeness (QED) is 0.587. The second kappa shape index (κ2) is 7.79. The number of piperidine rings is 1. The molecule has 1 aliphatic heterocycles. The van der Waals surface area contributed by atoms with Crippen molar-refractivity contribution in [1.82, 2.24) is 10.2 Å². The number of nitrogens with zero attached hydrogens (tertiary/aromatic N) is 1. The highest BCUT2D eigenvalue weighted by molar-refractivity contribution is 5.92. The molecule has 0 bridgehead atoms. The molecule has 1 fully saturated rings. The van der Waals surface area contributed by atoms with E-state index in [0.29, 0.717) is 5.92 Å². The summed E-state index contributed by atoms with van der Waals surface area (Å²) in [6.07, 6.45) is 1.30. The summed E-state index contributed by atoms with van der Waals surface area (Å²) in [6.45, 7) is 3.70. The predicted octanol–water partition coefficient (Wildman–Crippen LogP) is 1.91. The van der Waals surface area contributed by atoms with Crippen molar-refractivity contribution in [1.29, 1.82) is 5.41 Å². The third-order valence-electron chi connectivity index (χ3n) is 4.03. The van der Waals surface area contributed by atoms with Gasteiger partial charge in [0, 0.05) is 19.1 Å². The van der Waals surface area contributed by atoms with E-state index in [4.69, 9.17) is 15.9 Å². The smallest absolute Gasteiger partial charge is 0.414 e. The summed E-state index contributed by atoms with van der Waals surface area (Å²) in [7, 11) is 0. The van der Waals surface area contributed by atoms with Crippen molar-refractivity contribution in [3.8, 4) is 0 Å². The van der Waals surface area contributed by atoms with Crippen LogP contribution < -0.4 is 11.1 Å². The summed E-state index contributed by atoms with van der Waals surface area (Å²) in [5, 5.41) is 10.4. The Balaban J connectivity index is 1.72. The molecular weight excluding hydrogens is 280 g/mol. The minimum atomic E-state index is -0.594. The second-order valence-corrected chi connectivity index (χ2v) is 5.72. The highest BCUT2D eigenvalue weighted by atomic mass is 16.5. The van der Waals surface area contributed by atoms with Gasteiger partial charge in [0.15, 0.2) is 0 Å². The zero-order valence-electron chi connectivity index (χ0n) is 12.9. The van der Waals surface area contributed by atoms with Crippen LogP contribution in [0.15, 0.2) is 30.3 Å². The maximum absolute atomic E-state index is 11.7. The molecule has 6 heteroatoms. The fraction of sp³-hybridized carbons (Fsp3) is 0.500. The summed E-state index contributed by atoms with van der Waals surface area (Å²) < 4.78 is 5.11. The molecule has 0 saturated carbocycles. The molecule has 1 aromatic carbocycles. The van der Waals surface area contributed by atoms with Gasteiger partial charge in [-0.05, 0) is 31.2 Å². The van der Waals surface area contributed by atoms with E-state index in [1.807, 2.05) is 42.2 Å². The van der Waals surface area contributed by atoms with E-state index in [2.05, 4.69) is 5.32 Å². The molecule has 1 aliphatic rings. The Morgan fingerprint density at radius 3 is 2.64 bits per heavy atom. The first-order valence-corrected chi connectivity index (χ1v) is 7.63. The van der Waals surface area contributed by atoms with Gasteiger partial charge in [-0.3, -0.25) is 10.7 Å². The molecule has 0 aliphatic carbocycles. The number of benzene rings is 1. The van der Waals surface area contributed by atoms with Crippen LogP contribution in [0.4, 0.5) is 4.79 Å². The molecule has 1 atom stereocenters. The maximum Gasteiger partial charge on any atom is 0.414 e. The molecule has 1 unspecified atom stereocenters. The van der Waals surface area contributed by atoms with Gasteiger partial charge >= 0.3 is 6.09 Å². The number of hydrogen-bond donors (Lipinski definition) is 3. The summed E-state index contributed by atoms with van der Waals surface area (Å²) in [5.74, 6) is 0.593. The molecule has 22 heavy (non-hydrogen) atoms. The van der Waals surface area contributed by atoms with Crippen LogP contribution >= 0.6 is 0 Å². The van der Waals surface area contributed by atoms with Gasteiger partial charge in [0.05, 0.1) is 0 Å². The molecule has 4 N–H and O–H groups in total. The first-order valence-electron chi connectivity index (χ1n) is 7.63. The Hall–Kier alpha value is -2.08. The molecule has 2 rings (SSSR count). The zero-order valence-corrected chi connectivity index (χ0v) is 12.9. The summed E-state index contributed by atoms with van der Waals surface area (Å²) >= 11 is 0. The van der Waals surface area contributed by atoms with Crippen LogP contribution in [0.5, 0.6) is 0 Å². The second-order valence-electron chi connectivity index (χ2n) is 5.72. The first-order chi connectivity index (χ1) is 10.6. The summed E-state index contributed by atoms with van der Waals surface area (Å²) in [4.78, 5) is 13.6.